The summed E-state index contributed by atoms with van der Waals surface area (Å²) in [5.74, 6) is 0.172. The number of rotatable bonds is 4. The SMILES string of the molecule is CC(O)C1CCCN(C(=O)NCC(C)(C)c2ccccc2Cl)C1. The summed E-state index contributed by atoms with van der Waals surface area (Å²) in [5.41, 5.74) is 0.787. The van der Waals surface area contributed by atoms with Gasteiger partial charge < -0.3 is 15.3 Å². The second-order valence-corrected chi connectivity index (χ2v) is 7.52. The quantitative estimate of drug-likeness (QED) is 0.883. The van der Waals surface area contributed by atoms with Gasteiger partial charge in [-0.15, -0.1) is 0 Å². The van der Waals surface area contributed by atoms with Crippen LogP contribution in [0.25, 0.3) is 0 Å². The van der Waals surface area contributed by atoms with Crippen LogP contribution in [0.15, 0.2) is 24.3 Å². The molecule has 0 aromatic heterocycles. The van der Waals surface area contributed by atoms with Gasteiger partial charge in [0.1, 0.15) is 0 Å². The molecule has 1 fully saturated rings. The van der Waals surface area contributed by atoms with Gasteiger partial charge in [0.05, 0.1) is 6.10 Å². The molecule has 1 aliphatic rings. The number of carbonyl (C=O) groups excluding carboxylic acids is 1. The molecule has 1 aliphatic heterocycles. The topological polar surface area (TPSA) is 52.6 Å². The lowest BCUT2D eigenvalue weighted by Crippen LogP contribution is -2.49. The Hall–Kier alpha value is -1.26. The molecule has 1 heterocycles. The molecule has 2 unspecified atom stereocenters. The molecule has 5 heteroatoms. The first-order valence-electron chi connectivity index (χ1n) is 8.27. The Kier molecular flexibility index (Phi) is 5.93. The van der Waals surface area contributed by atoms with Crippen molar-refractivity contribution >= 4 is 17.6 Å². The van der Waals surface area contributed by atoms with Gasteiger partial charge in [-0.05, 0) is 31.4 Å². The van der Waals surface area contributed by atoms with Gasteiger partial charge in [0.2, 0.25) is 0 Å². The molecule has 0 radical (unpaired) electrons. The molecule has 1 aromatic carbocycles. The summed E-state index contributed by atoms with van der Waals surface area (Å²) in [6.07, 6.45) is 1.55. The van der Waals surface area contributed by atoms with Crippen LogP contribution < -0.4 is 5.32 Å². The molecule has 0 spiro atoms. The van der Waals surface area contributed by atoms with E-state index in [4.69, 9.17) is 11.6 Å². The molecular weight excluding hydrogens is 312 g/mol. The van der Waals surface area contributed by atoms with Gasteiger partial charge >= 0.3 is 6.03 Å². The summed E-state index contributed by atoms with van der Waals surface area (Å²) in [7, 11) is 0. The van der Waals surface area contributed by atoms with E-state index in [1.54, 1.807) is 6.92 Å². The van der Waals surface area contributed by atoms with Crippen molar-refractivity contribution in [2.45, 2.75) is 45.1 Å². The normalized spacial score (nSPS) is 20.2. The molecule has 2 rings (SSSR count). The van der Waals surface area contributed by atoms with Gasteiger partial charge in [0.25, 0.3) is 0 Å². The molecule has 0 aliphatic carbocycles. The van der Waals surface area contributed by atoms with Crippen molar-refractivity contribution in [3.05, 3.63) is 34.9 Å². The van der Waals surface area contributed by atoms with Gasteiger partial charge in [-0.1, -0.05) is 43.6 Å². The number of nitrogens with zero attached hydrogens (tertiary/aromatic N) is 1. The van der Waals surface area contributed by atoms with Gasteiger partial charge in [0.15, 0.2) is 0 Å². The molecule has 0 bridgehead atoms. The molecular formula is C18H27ClN2O2. The van der Waals surface area contributed by atoms with E-state index < -0.39 is 0 Å². The minimum absolute atomic E-state index is 0.0597. The zero-order valence-electron chi connectivity index (χ0n) is 14.2. The number of halogens is 1. The van der Waals surface area contributed by atoms with E-state index in [1.807, 2.05) is 29.2 Å². The standard InChI is InChI=1S/C18H27ClN2O2/c1-13(22)14-7-6-10-21(11-14)17(23)20-12-18(2,3)15-8-4-5-9-16(15)19/h4-5,8-9,13-14,22H,6-7,10-12H2,1-3H3,(H,20,23). The molecule has 2 atom stereocenters. The van der Waals surface area contributed by atoms with E-state index in [1.165, 1.54) is 0 Å². The van der Waals surface area contributed by atoms with Crippen molar-refractivity contribution in [2.24, 2.45) is 5.92 Å². The Labute approximate surface area is 143 Å². The number of aliphatic hydroxyl groups excluding tert-OH is 1. The number of hydrogen-bond donors (Lipinski definition) is 2. The number of aliphatic hydroxyl groups is 1. The maximum atomic E-state index is 12.4. The Morgan fingerprint density at radius 2 is 2.17 bits per heavy atom. The zero-order valence-corrected chi connectivity index (χ0v) is 14.9. The third kappa shape index (κ3) is 4.61. The van der Waals surface area contributed by atoms with Crippen molar-refractivity contribution < 1.29 is 9.90 Å². The fraction of sp³-hybridized carbons (Fsp3) is 0.611. The van der Waals surface area contributed by atoms with Crippen LogP contribution in [0.5, 0.6) is 0 Å². The fourth-order valence-electron chi connectivity index (χ4n) is 3.10. The van der Waals surface area contributed by atoms with Crippen LogP contribution in [0.3, 0.4) is 0 Å². The number of urea groups is 1. The van der Waals surface area contributed by atoms with Gasteiger partial charge in [0, 0.05) is 36.0 Å². The summed E-state index contributed by atoms with van der Waals surface area (Å²) < 4.78 is 0. The van der Waals surface area contributed by atoms with Crippen LogP contribution >= 0.6 is 11.6 Å². The molecule has 23 heavy (non-hydrogen) atoms. The first-order valence-corrected chi connectivity index (χ1v) is 8.65. The molecule has 0 saturated carbocycles. The van der Waals surface area contributed by atoms with Crippen LogP contribution in [-0.2, 0) is 5.41 Å². The van der Waals surface area contributed by atoms with E-state index in [-0.39, 0.29) is 23.5 Å². The molecule has 128 valence electrons. The van der Waals surface area contributed by atoms with Gasteiger partial charge in [-0.3, -0.25) is 0 Å². The number of hydrogen-bond acceptors (Lipinski definition) is 2. The number of piperidine rings is 1. The first-order chi connectivity index (χ1) is 10.8. The summed E-state index contributed by atoms with van der Waals surface area (Å²) in [5, 5.41) is 13.5. The number of carbonyl (C=O) groups is 1. The summed E-state index contributed by atoms with van der Waals surface area (Å²) in [6.45, 7) is 7.84. The van der Waals surface area contributed by atoms with Crippen LogP contribution in [0.1, 0.15) is 39.2 Å². The third-order valence-electron chi connectivity index (χ3n) is 4.71. The Bertz CT molecular complexity index is 546. The van der Waals surface area contributed by atoms with Crippen LogP contribution in [-0.4, -0.2) is 41.8 Å². The predicted octanol–water partition coefficient (Wildman–Crippen LogP) is 3.42. The average molecular weight is 339 g/mol. The Morgan fingerprint density at radius 1 is 1.48 bits per heavy atom. The minimum atomic E-state index is -0.370. The lowest BCUT2D eigenvalue weighted by atomic mass is 9.84. The van der Waals surface area contributed by atoms with E-state index in [9.17, 15) is 9.90 Å². The van der Waals surface area contributed by atoms with E-state index in [0.29, 0.717) is 13.1 Å². The highest BCUT2D eigenvalue weighted by molar-refractivity contribution is 6.31. The van der Waals surface area contributed by atoms with Crippen LogP contribution in [0.2, 0.25) is 5.02 Å². The molecule has 4 nitrogen and oxygen atoms in total. The molecule has 2 N–H and O–H groups in total. The summed E-state index contributed by atoms with van der Waals surface area (Å²) in [4.78, 5) is 14.2. The van der Waals surface area contributed by atoms with Crippen LogP contribution in [0.4, 0.5) is 4.79 Å². The maximum absolute atomic E-state index is 12.4. The van der Waals surface area contributed by atoms with Crippen molar-refractivity contribution in [2.75, 3.05) is 19.6 Å². The molecule has 1 saturated heterocycles. The second-order valence-electron chi connectivity index (χ2n) is 7.11. The summed E-state index contributed by atoms with van der Waals surface area (Å²) >= 11 is 6.28. The Balaban J connectivity index is 1.94. The third-order valence-corrected chi connectivity index (χ3v) is 5.04. The first kappa shape index (κ1) is 18.1. The van der Waals surface area contributed by atoms with Crippen molar-refractivity contribution in [3.63, 3.8) is 0 Å². The Morgan fingerprint density at radius 3 is 2.83 bits per heavy atom. The number of amides is 2. The highest BCUT2D eigenvalue weighted by atomic mass is 35.5. The van der Waals surface area contributed by atoms with E-state index in [0.717, 1.165) is 30.0 Å². The van der Waals surface area contributed by atoms with Crippen LogP contribution in [0, 0.1) is 5.92 Å². The second kappa shape index (κ2) is 7.54. The largest absolute Gasteiger partial charge is 0.393 e. The zero-order chi connectivity index (χ0) is 17.0. The fourth-order valence-corrected chi connectivity index (χ4v) is 3.49. The maximum Gasteiger partial charge on any atom is 0.317 e. The summed E-state index contributed by atoms with van der Waals surface area (Å²) in [6, 6.07) is 7.68. The highest BCUT2D eigenvalue weighted by Gasteiger charge is 2.28. The molecule has 1 aromatic rings. The monoisotopic (exact) mass is 338 g/mol. The lowest BCUT2D eigenvalue weighted by molar-refractivity contribution is 0.0737. The minimum Gasteiger partial charge on any atom is -0.393 e. The highest BCUT2D eigenvalue weighted by Crippen LogP contribution is 2.29. The number of benzene rings is 1. The van der Waals surface area contributed by atoms with Crippen molar-refractivity contribution in [3.8, 4) is 0 Å². The van der Waals surface area contributed by atoms with E-state index >= 15 is 0 Å². The van der Waals surface area contributed by atoms with Crippen molar-refractivity contribution in [1.82, 2.24) is 10.2 Å². The number of likely N-dealkylation sites (tertiary alicyclic amines) is 1. The average Bonchev–Trinajstić information content (AvgIpc) is 2.53. The van der Waals surface area contributed by atoms with Gasteiger partial charge in [-0.25, -0.2) is 4.79 Å². The van der Waals surface area contributed by atoms with Crippen molar-refractivity contribution in [1.29, 1.82) is 0 Å². The van der Waals surface area contributed by atoms with E-state index in [2.05, 4.69) is 19.2 Å². The number of nitrogens with one attached hydrogen (secondary N) is 1. The molecule has 2 amide bonds. The predicted molar refractivity (Wildman–Crippen MR) is 93.9 cm³/mol. The lowest BCUT2D eigenvalue weighted by Gasteiger charge is -2.35. The smallest absolute Gasteiger partial charge is 0.317 e. The van der Waals surface area contributed by atoms with Gasteiger partial charge in [-0.2, -0.15) is 0 Å².